The van der Waals surface area contributed by atoms with Gasteiger partial charge in [0.15, 0.2) is 11.6 Å². The molecule has 0 atom stereocenters. The van der Waals surface area contributed by atoms with Crippen LogP contribution in [0.3, 0.4) is 0 Å². The SMILES string of the molecule is c1ccc(-c2nnc(-c3ccccc3-n3c4ccccc4n4c5ccccc5nc34)n2-c2ccccc2)cc1. The highest BCUT2D eigenvalue weighted by atomic mass is 15.3. The van der Waals surface area contributed by atoms with Crippen LogP contribution in [0.4, 0.5) is 0 Å². The number of fused-ring (bicyclic) bond motifs is 5. The molecule has 6 heteroatoms. The first kappa shape index (κ1) is 21.6. The second kappa shape index (κ2) is 8.53. The molecule has 0 fully saturated rings. The summed E-state index contributed by atoms with van der Waals surface area (Å²) >= 11 is 0. The fourth-order valence-corrected chi connectivity index (χ4v) is 5.50. The van der Waals surface area contributed by atoms with E-state index >= 15 is 0 Å². The summed E-state index contributed by atoms with van der Waals surface area (Å²) in [4.78, 5) is 5.08. The van der Waals surface area contributed by atoms with Crippen LogP contribution in [-0.2, 0) is 0 Å². The number of rotatable bonds is 4. The minimum absolute atomic E-state index is 0.766. The zero-order valence-electron chi connectivity index (χ0n) is 20.9. The summed E-state index contributed by atoms with van der Waals surface area (Å²) in [5.74, 6) is 2.42. The Bertz CT molecular complexity index is 2120. The van der Waals surface area contributed by atoms with Crippen molar-refractivity contribution in [3.05, 3.63) is 133 Å². The molecular formula is C33H22N6. The average Bonchev–Trinajstić information content (AvgIpc) is 3.69. The molecule has 3 heterocycles. The molecule has 0 spiro atoms. The summed E-state index contributed by atoms with van der Waals surface area (Å²) in [6.45, 7) is 0. The van der Waals surface area contributed by atoms with Gasteiger partial charge >= 0.3 is 0 Å². The van der Waals surface area contributed by atoms with E-state index in [1.165, 1.54) is 0 Å². The molecule has 0 aliphatic carbocycles. The Balaban J connectivity index is 1.46. The van der Waals surface area contributed by atoms with E-state index < -0.39 is 0 Å². The van der Waals surface area contributed by atoms with E-state index in [9.17, 15) is 0 Å². The van der Waals surface area contributed by atoms with Crippen LogP contribution in [-0.4, -0.2) is 28.7 Å². The molecule has 8 aromatic rings. The molecule has 39 heavy (non-hydrogen) atoms. The predicted octanol–water partition coefficient (Wildman–Crippen LogP) is 7.35. The summed E-state index contributed by atoms with van der Waals surface area (Å²) in [5.41, 5.74) is 8.18. The van der Waals surface area contributed by atoms with Gasteiger partial charge in [-0.25, -0.2) is 4.98 Å². The lowest BCUT2D eigenvalue weighted by atomic mass is 10.1. The van der Waals surface area contributed by atoms with Gasteiger partial charge in [-0.1, -0.05) is 84.9 Å². The standard InChI is InChI=1S/C33H22N6/c1-3-13-23(14-4-1)31-35-36-32(37(31)24-15-5-2-6-16-24)25-17-7-9-19-27(25)38-29-21-11-12-22-30(29)39-28-20-10-8-18-26(28)34-33(38)39/h1-22H. The zero-order valence-corrected chi connectivity index (χ0v) is 20.9. The number of aromatic nitrogens is 6. The van der Waals surface area contributed by atoms with Crippen molar-refractivity contribution in [1.29, 1.82) is 0 Å². The molecule has 184 valence electrons. The van der Waals surface area contributed by atoms with Crippen LogP contribution in [0.2, 0.25) is 0 Å². The molecule has 0 radical (unpaired) electrons. The van der Waals surface area contributed by atoms with Crippen molar-refractivity contribution in [2.75, 3.05) is 0 Å². The Morgan fingerprint density at radius 2 is 1.08 bits per heavy atom. The Morgan fingerprint density at radius 3 is 1.90 bits per heavy atom. The number of hydrogen-bond acceptors (Lipinski definition) is 3. The van der Waals surface area contributed by atoms with Gasteiger partial charge in [-0.2, -0.15) is 0 Å². The lowest BCUT2D eigenvalue weighted by Gasteiger charge is -2.14. The first-order valence-electron chi connectivity index (χ1n) is 12.9. The third kappa shape index (κ3) is 3.25. The summed E-state index contributed by atoms with van der Waals surface area (Å²) in [6.07, 6.45) is 0. The van der Waals surface area contributed by atoms with Crippen molar-refractivity contribution < 1.29 is 0 Å². The summed E-state index contributed by atoms with van der Waals surface area (Å²) in [7, 11) is 0. The summed E-state index contributed by atoms with van der Waals surface area (Å²) < 4.78 is 6.61. The third-order valence-electron chi connectivity index (χ3n) is 7.20. The van der Waals surface area contributed by atoms with Crippen LogP contribution < -0.4 is 0 Å². The van der Waals surface area contributed by atoms with Gasteiger partial charge in [-0.15, -0.1) is 10.2 Å². The Hall–Kier alpha value is -5.49. The number of benzene rings is 5. The third-order valence-corrected chi connectivity index (χ3v) is 7.20. The van der Waals surface area contributed by atoms with E-state index in [0.717, 1.165) is 62.0 Å². The molecule has 0 bridgehead atoms. The molecule has 0 unspecified atom stereocenters. The fraction of sp³-hybridized carbons (Fsp3) is 0. The van der Waals surface area contributed by atoms with Gasteiger partial charge in [0.05, 0.1) is 27.8 Å². The molecular weight excluding hydrogens is 480 g/mol. The largest absolute Gasteiger partial charge is 0.277 e. The van der Waals surface area contributed by atoms with Gasteiger partial charge in [0, 0.05) is 16.8 Å². The van der Waals surface area contributed by atoms with Crippen molar-refractivity contribution in [2.24, 2.45) is 0 Å². The molecule has 5 aromatic carbocycles. The lowest BCUT2D eigenvalue weighted by Crippen LogP contribution is -2.04. The lowest BCUT2D eigenvalue weighted by molar-refractivity contribution is 1.05. The summed E-state index contributed by atoms with van der Waals surface area (Å²) in [6, 6.07) is 45.6. The average molecular weight is 503 g/mol. The maximum atomic E-state index is 5.08. The monoisotopic (exact) mass is 502 g/mol. The highest BCUT2D eigenvalue weighted by molar-refractivity contribution is 5.93. The number of imidazole rings is 2. The molecule has 0 aliphatic heterocycles. The van der Waals surface area contributed by atoms with Gasteiger partial charge < -0.3 is 0 Å². The molecule has 3 aromatic heterocycles. The predicted molar refractivity (Wildman–Crippen MR) is 155 cm³/mol. The van der Waals surface area contributed by atoms with E-state index in [4.69, 9.17) is 15.2 Å². The van der Waals surface area contributed by atoms with E-state index in [1.54, 1.807) is 0 Å². The molecule has 8 rings (SSSR count). The number of nitrogens with zero attached hydrogens (tertiary/aromatic N) is 6. The quantitative estimate of drug-likeness (QED) is 0.253. The first-order valence-corrected chi connectivity index (χ1v) is 12.9. The van der Waals surface area contributed by atoms with Gasteiger partial charge in [-0.05, 0) is 48.5 Å². The van der Waals surface area contributed by atoms with E-state index in [1.807, 2.05) is 42.5 Å². The van der Waals surface area contributed by atoms with Crippen molar-refractivity contribution >= 4 is 27.8 Å². The Morgan fingerprint density at radius 1 is 0.462 bits per heavy atom. The van der Waals surface area contributed by atoms with E-state index in [0.29, 0.717) is 0 Å². The Labute approximate surface area is 224 Å². The smallest absolute Gasteiger partial charge is 0.220 e. The van der Waals surface area contributed by atoms with Crippen LogP contribution in [0.15, 0.2) is 133 Å². The number of para-hydroxylation sites is 6. The zero-order chi connectivity index (χ0) is 25.8. The van der Waals surface area contributed by atoms with E-state index in [-0.39, 0.29) is 0 Å². The van der Waals surface area contributed by atoms with Crippen molar-refractivity contribution in [1.82, 2.24) is 28.7 Å². The van der Waals surface area contributed by atoms with Crippen LogP contribution in [0, 0.1) is 0 Å². The van der Waals surface area contributed by atoms with E-state index in [2.05, 4.69) is 105 Å². The fourth-order valence-electron chi connectivity index (χ4n) is 5.50. The Kier molecular flexibility index (Phi) is 4.72. The van der Waals surface area contributed by atoms with Gasteiger partial charge in [0.2, 0.25) is 5.78 Å². The normalized spacial score (nSPS) is 11.6. The van der Waals surface area contributed by atoms with Gasteiger partial charge in [0.1, 0.15) is 0 Å². The summed E-state index contributed by atoms with van der Waals surface area (Å²) in [5, 5.41) is 9.49. The molecule has 6 nitrogen and oxygen atoms in total. The van der Waals surface area contributed by atoms with Gasteiger partial charge in [0.25, 0.3) is 0 Å². The van der Waals surface area contributed by atoms with Crippen LogP contribution in [0.25, 0.3) is 62.0 Å². The highest BCUT2D eigenvalue weighted by Gasteiger charge is 2.23. The van der Waals surface area contributed by atoms with Crippen molar-refractivity contribution in [3.8, 4) is 34.2 Å². The van der Waals surface area contributed by atoms with Crippen molar-refractivity contribution in [3.63, 3.8) is 0 Å². The highest BCUT2D eigenvalue weighted by Crippen LogP contribution is 2.35. The van der Waals surface area contributed by atoms with Gasteiger partial charge in [-0.3, -0.25) is 13.5 Å². The van der Waals surface area contributed by atoms with Crippen molar-refractivity contribution in [2.45, 2.75) is 0 Å². The first-order chi connectivity index (χ1) is 19.4. The second-order valence-electron chi connectivity index (χ2n) is 9.46. The maximum Gasteiger partial charge on any atom is 0.220 e. The molecule has 0 saturated carbocycles. The topological polar surface area (TPSA) is 52.9 Å². The minimum Gasteiger partial charge on any atom is -0.277 e. The van der Waals surface area contributed by atoms with Crippen LogP contribution in [0.1, 0.15) is 0 Å². The molecule has 0 aliphatic rings. The molecule has 0 amide bonds. The molecule has 0 saturated heterocycles. The van der Waals surface area contributed by atoms with Crippen LogP contribution in [0.5, 0.6) is 0 Å². The molecule has 0 N–H and O–H groups in total. The number of hydrogen-bond donors (Lipinski definition) is 0. The second-order valence-corrected chi connectivity index (χ2v) is 9.46. The minimum atomic E-state index is 0.766. The van der Waals surface area contributed by atoms with Crippen LogP contribution >= 0.6 is 0 Å². The maximum absolute atomic E-state index is 5.08.